The smallest absolute Gasteiger partial charge is 0.265 e. The van der Waals surface area contributed by atoms with Gasteiger partial charge >= 0.3 is 0 Å². The van der Waals surface area contributed by atoms with E-state index in [-0.39, 0.29) is 5.56 Å². The summed E-state index contributed by atoms with van der Waals surface area (Å²) in [5.41, 5.74) is 3.93. The molecule has 2 aromatic carbocycles. The highest BCUT2D eigenvalue weighted by Crippen LogP contribution is 2.26. The van der Waals surface area contributed by atoms with Gasteiger partial charge in [0.25, 0.3) is 5.56 Å². The molecule has 0 bridgehead atoms. The highest BCUT2D eigenvalue weighted by Gasteiger charge is 2.20. The summed E-state index contributed by atoms with van der Waals surface area (Å²) in [6, 6.07) is 18.7. The number of rotatable bonds is 4. The van der Waals surface area contributed by atoms with Crippen LogP contribution in [-0.4, -0.2) is 24.1 Å². The van der Waals surface area contributed by atoms with Gasteiger partial charge in [-0.25, -0.2) is 15.0 Å². The number of fused-ring (bicyclic) bond motifs is 4. The van der Waals surface area contributed by atoms with E-state index < -0.39 is 0 Å². The molecule has 0 saturated heterocycles. The summed E-state index contributed by atoms with van der Waals surface area (Å²) in [7, 11) is 0. The Labute approximate surface area is 186 Å². The summed E-state index contributed by atoms with van der Waals surface area (Å²) < 4.78 is 9.01. The molecule has 0 radical (unpaired) electrons. The standard InChI is InChI=1S/C24H16ClN5O2/c25-16-9-7-15(8-10-16)12-29-14-26-22-20(24(29)31)21-23(30(22)13-17-4-3-11-32-17)28-19-6-2-1-5-18(19)27-21/h1-11,14H,12-13H2. The zero-order valence-electron chi connectivity index (χ0n) is 16.8. The zero-order valence-corrected chi connectivity index (χ0v) is 17.5. The van der Waals surface area contributed by atoms with E-state index in [4.69, 9.17) is 26.0 Å². The van der Waals surface area contributed by atoms with Crippen LogP contribution in [0.25, 0.3) is 33.2 Å². The van der Waals surface area contributed by atoms with E-state index >= 15 is 0 Å². The minimum atomic E-state index is -0.169. The summed E-state index contributed by atoms with van der Waals surface area (Å²) in [4.78, 5) is 27.8. The van der Waals surface area contributed by atoms with E-state index in [1.807, 2.05) is 53.1 Å². The second kappa shape index (κ2) is 7.32. The summed E-state index contributed by atoms with van der Waals surface area (Å²) in [6.07, 6.45) is 3.19. The number of benzene rings is 2. The van der Waals surface area contributed by atoms with Crippen molar-refractivity contribution in [2.24, 2.45) is 0 Å². The second-order valence-corrected chi connectivity index (χ2v) is 7.99. The topological polar surface area (TPSA) is 78.7 Å². The molecule has 0 fully saturated rings. The van der Waals surface area contributed by atoms with E-state index in [9.17, 15) is 4.79 Å². The molecule has 0 aliphatic heterocycles. The molecule has 0 aliphatic carbocycles. The Morgan fingerprint density at radius 2 is 1.66 bits per heavy atom. The predicted molar refractivity (Wildman–Crippen MR) is 123 cm³/mol. The summed E-state index contributed by atoms with van der Waals surface area (Å²) >= 11 is 5.99. The van der Waals surface area contributed by atoms with Crippen LogP contribution in [-0.2, 0) is 13.1 Å². The molecule has 6 rings (SSSR count). The molecule has 8 heteroatoms. The fraction of sp³-hybridized carbons (Fsp3) is 0.0833. The van der Waals surface area contributed by atoms with Gasteiger partial charge in [-0.05, 0) is 42.0 Å². The fourth-order valence-electron chi connectivity index (χ4n) is 3.95. The molecule has 6 aromatic rings. The highest BCUT2D eigenvalue weighted by molar-refractivity contribution is 6.30. The van der Waals surface area contributed by atoms with Crippen LogP contribution in [0.4, 0.5) is 0 Å². The Morgan fingerprint density at radius 1 is 0.875 bits per heavy atom. The van der Waals surface area contributed by atoms with Crippen molar-refractivity contribution in [3.8, 4) is 0 Å². The maximum atomic E-state index is 13.6. The van der Waals surface area contributed by atoms with Crippen LogP contribution in [0.3, 0.4) is 0 Å². The maximum Gasteiger partial charge on any atom is 0.265 e. The van der Waals surface area contributed by atoms with E-state index in [1.54, 1.807) is 29.3 Å². The molecule has 156 valence electrons. The van der Waals surface area contributed by atoms with Gasteiger partial charge in [-0.15, -0.1) is 0 Å². The van der Waals surface area contributed by atoms with Crippen molar-refractivity contribution >= 4 is 44.8 Å². The number of hydrogen-bond acceptors (Lipinski definition) is 5. The molecule has 0 saturated carbocycles. The molecule has 0 aliphatic rings. The lowest BCUT2D eigenvalue weighted by molar-refractivity contribution is 0.498. The van der Waals surface area contributed by atoms with Crippen molar-refractivity contribution < 1.29 is 4.42 Å². The van der Waals surface area contributed by atoms with Gasteiger partial charge in [0.15, 0.2) is 11.3 Å². The van der Waals surface area contributed by atoms with Crippen LogP contribution in [0.2, 0.25) is 5.02 Å². The summed E-state index contributed by atoms with van der Waals surface area (Å²) in [5.74, 6) is 0.742. The minimum Gasteiger partial charge on any atom is -0.467 e. The Hall–Kier alpha value is -3.97. The maximum absolute atomic E-state index is 13.6. The average Bonchev–Trinajstić information content (AvgIpc) is 3.43. The van der Waals surface area contributed by atoms with Gasteiger partial charge in [0.1, 0.15) is 23.0 Å². The summed E-state index contributed by atoms with van der Waals surface area (Å²) in [6.45, 7) is 0.776. The van der Waals surface area contributed by atoms with Crippen molar-refractivity contribution in [1.82, 2.24) is 24.1 Å². The Balaban J connectivity index is 1.61. The predicted octanol–water partition coefficient (Wildman–Crippen LogP) is 4.64. The average molecular weight is 442 g/mol. The molecule has 0 unspecified atom stereocenters. The Morgan fingerprint density at radius 3 is 2.41 bits per heavy atom. The van der Waals surface area contributed by atoms with Crippen LogP contribution in [0, 0.1) is 0 Å². The van der Waals surface area contributed by atoms with Gasteiger partial charge in [0, 0.05) is 5.02 Å². The Bertz CT molecular complexity index is 1650. The van der Waals surface area contributed by atoms with Gasteiger partial charge < -0.3 is 8.98 Å². The van der Waals surface area contributed by atoms with E-state index in [2.05, 4.69) is 4.98 Å². The first-order valence-electron chi connectivity index (χ1n) is 10.1. The van der Waals surface area contributed by atoms with Crippen LogP contribution in [0.1, 0.15) is 11.3 Å². The molecule has 4 aromatic heterocycles. The summed E-state index contributed by atoms with van der Waals surface area (Å²) in [5, 5.41) is 1.10. The van der Waals surface area contributed by atoms with Crippen LogP contribution in [0.15, 0.2) is 82.5 Å². The monoisotopic (exact) mass is 441 g/mol. The van der Waals surface area contributed by atoms with Crippen molar-refractivity contribution in [2.75, 3.05) is 0 Å². The fourth-order valence-corrected chi connectivity index (χ4v) is 4.07. The second-order valence-electron chi connectivity index (χ2n) is 7.55. The van der Waals surface area contributed by atoms with Gasteiger partial charge in [-0.1, -0.05) is 35.9 Å². The number of nitrogens with zero attached hydrogens (tertiary/aromatic N) is 5. The van der Waals surface area contributed by atoms with Gasteiger partial charge in [0.05, 0.1) is 30.4 Å². The van der Waals surface area contributed by atoms with Gasteiger partial charge in [-0.3, -0.25) is 9.36 Å². The molecular weight excluding hydrogens is 426 g/mol. The number of furan rings is 1. The number of hydrogen-bond donors (Lipinski definition) is 0. The van der Waals surface area contributed by atoms with E-state index in [0.717, 1.165) is 22.4 Å². The van der Waals surface area contributed by atoms with Crippen molar-refractivity contribution in [3.63, 3.8) is 0 Å². The van der Waals surface area contributed by atoms with Crippen molar-refractivity contribution in [2.45, 2.75) is 13.1 Å². The molecule has 0 amide bonds. The van der Waals surface area contributed by atoms with Crippen LogP contribution >= 0.6 is 11.6 Å². The molecule has 0 N–H and O–H groups in total. The Kier molecular flexibility index (Phi) is 4.29. The van der Waals surface area contributed by atoms with Crippen molar-refractivity contribution in [3.05, 3.63) is 100.0 Å². The van der Waals surface area contributed by atoms with Gasteiger partial charge in [-0.2, -0.15) is 0 Å². The largest absolute Gasteiger partial charge is 0.467 e. The molecular formula is C24H16ClN5O2. The number of halogens is 1. The molecule has 0 spiro atoms. The molecule has 32 heavy (non-hydrogen) atoms. The molecule has 7 nitrogen and oxygen atoms in total. The quantitative estimate of drug-likeness (QED) is 0.398. The lowest BCUT2D eigenvalue weighted by Gasteiger charge is -2.07. The number of para-hydroxylation sites is 2. The van der Waals surface area contributed by atoms with Crippen molar-refractivity contribution in [1.29, 1.82) is 0 Å². The van der Waals surface area contributed by atoms with Crippen LogP contribution < -0.4 is 5.56 Å². The van der Waals surface area contributed by atoms with E-state index in [1.165, 1.54) is 0 Å². The van der Waals surface area contributed by atoms with Crippen LogP contribution in [0.5, 0.6) is 0 Å². The third-order valence-corrected chi connectivity index (χ3v) is 5.73. The molecule has 0 atom stereocenters. The lowest BCUT2D eigenvalue weighted by Crippen LogP contribution is -2.21. The van der Waals surface area contributed by atoms with E-state index in [0.29, 0.717) is 40.3 Å². The third-order valence-electron chi connectivity index (χ3n) is 5.48. The minimum absolute atomic E-state index is 0.169. The lowest BCUT2D eigenvalue weighted by atomic mass is 10.2. The highest BCUT2D eigenvalue weighted by atomic mass is 35.5. The number of aromatic nitrogens is 5. The van der Waals surface area contributed by atoms with Gasteiger partial charge in [0.2, 0.25) is 0 Å². The first-order valence-corrected chi connectivity index (χ1v) is 10.5. The molecule has 4 heterocycles. The first-order chi connectivity index (χ1) is 15.7. The zero-order chi connectivity index (χ0) is 21.7. The third kappa shape index (κ3) is 3.06. The normalized spacial score (nSPS) is 11.7. The first kappa shape index (κ1) is 18.8. The SMILES string of the molecule is O=c1c2c3nc4ccccc4nc3n(Cc3ccco3)c2ncn1Cc1ccc(Cl)cc1.